The molecule has 4 heteroatoms. The van der Waals surface area contributed by atoms with Crippen molar-refractivity contribution < 1.29 is 9.47 Å². The minimum Gasteiger partial charge on any atom is -0.350 e. The van der Waals surface area contributed by atoms with Gasteiger partial charge in [0.05, 0.1) is 5.01 Å². The standard InChI is InChI=1S/C16H19NO2S/c1-18-16(19-2)14-10-20-15(17-14)13-8-7-11-5-3-4-6-12(11)9-13/h3-6,10,13,16H,7-9H2,1-2H3. The first-order valence-corrected chi connectivity index (χ1v) is 7.77. The third-order valence-corrected chi connectivity index (χ3v) is 4.93. The number of ether oxygens (including phenoxy) is 2. The molecule has 1 unspecified atom stereocenters. The molecule has 0 amide bonds. The van der Waals surface area contributed by atoms with E-state index in [0.717, 1.165) is 18.5 Å². The van der Waals surface area contributed by atoms with E-state index in [-0.39, 0.29) is 6.29 Å². The molecule has 3 nitrogen and oxygen atoms in total. The summed E-state index contributed by atoms with van der Waals surface area (Å²) in [6.45, 7) is 0. The summed E-state index contributed by atoms with van der Waals surface area (Å²) in [5.41, 5.74) is 3.84. The summed E-state index contributed by atoms with van der Waals surface area (Å²) in [6.07, 6.45) is 3.06. The quantitative estimate of drug-likeness (QED) is 0.804. The maximum Gasteiger partial charge on any atom is 0.201 e. The van der Waals surface area contributed by atoms with Crippen molar-refractivity contribution in [1.82, 2.24) is 4.98 Å². The fourth-order valence-corrected chi connectivity index (χ4v) is 3.80. The van der Waals surface area contributed by atoms with Gasteiger partial charge in [-0.1, -0.05) is 24.3 Å². The smallest absolute Gasteiger partial charge is 0.201 e. The zero-order valence-electron chi connectivity index (χ0n) is 11.8. The van der Waals surface area contributed by atoms with Crippen LogP contribution in [0.1, 0.15) is 40.5 Å². The molecule has 0 bridgehead atoms. The first-order valence-electron chi connectivity index (χ1n) is 6.89. The number of benzene rings is 1. The highest BCUT2D eigenvalue weighted by Gasteiger charge is 2.23. The molecule has 1 atom stereocenters. The molecule has 1 heterocycles. The zero-order chi connectivity index (χ0) is 13.9. The Balaban J connectivity index is 1.78. The van der Waals surface area contributed by atoms with Crippen molar-refractivity contribution in [2.45, 2.75) is 31.5 Å². The highest BCUT2D eigenvalue weighted by molar-refractivity contribution is 7.09. The largest absolute Gasteiger partial charge is 0.350 e. The molecular formula is C16H19NO2S. The first-order chi connectivity index (χ1) is 9.81. The summed E-state index contributed by atoms with van der Waals surface area (Å²) in [5, 5.41) is 3.25. The van der Waals surface area contributed by atoms with E-state index >= 15 is 0 Å². The fraction of sp³-hybridized carbons (Fsp3) is 0.438. The van der Waals surface area contributed by atoms with Gasteiger partial charge in [-0.25, -0.2) is 4.98 Å². The molecule has 0 N–H and O–H groups in total. The molecule has 106 valence electrons. The Kier molecular flexibility index (Phi) is 4.15. The van der Waals surface area contributed by atoms with Crippen LogP contribution in [-0.2, 0) is 22.3 Å². The van der Waals surface area contributed by atoms with Crippen LogP contribution in [0.5, 0.6) is 0 Å². The van der Waals surface area contributed by atoms with Crippen LogP contribution in [0.15, 0.2) is 29.6 Å². The van der Waals surface area contributed by atoms with Crippen LogP contribution in [0.3, 0.4) is 0 Å². The minimum absolute atomic E-state index is 0.351. The summed E-state index contributed by atoms with van der Waals surface area (Å²) in [6, 6.07) is 8.73. The number of rotatable bonds is 4. The molecule has 0 saturated heterocycles. The van der Waals surface area contributed by atoms with Gasteiger partial charge >= 0.3 is 0 Å². The lowest BCUT2D eigenvalue weighted by molar-refractivity contribution is -0.108. The minimum atomic E-state index is -0.351. The van der Waals surface area contributed by atoms with E-state index in [2.05, 4.69) is 24.3 Å². The van der Waals surface area contributed by atoms with Gasteiger partial charge in [-0.05, 0) is 30.4 Å². The summed E-state index contributed by atoms with van der Waals surface area (Å²) in [4.78, 5) is 4.72. The number of aromatic nitrogens is 1. The maximum atomic E-state index is 5.26. The lowest BCUT2D eigenvalue weighted by Gasteiger charge is -2.22. The highest BCUT2D eigenvalue weighted by Crippen LogP contribution is 2.35. The van der Waals surface area contributed by atoms with E-state index < -0.39 is 0 Å². The number of fused-ring (bicyclic) bond motifs is 1. The molecule has 0 fully saturated rings. The molecule has 2 aromatic rings. The van der Waals surface area contributed by atoms with E-state index in [1.54, 1.807) is 25.6 Å². The molecular weight excluding hydrogens is 270 g/mol. The molecule has 1 aromatic carbocycles. The molecule has 1 aromatic heterocycles. The Morgan fingerprint density at radius 3 is 2.70 bits per heavy atom. The Labute approximate surface area is 123 Å². The van der Waals surface area contributed by atoms with Gasteiger partial charge in [0.25, 0.3) is 0 Å². The van der Waals surface area contributed by atoms with E-state index in [4.69, 9.17) is 14.5 Å². The van der Waals surface area contributed by atoms with Crippen LogP contribution in [0, 0.1) is 0 Å². The number of hydrogen-bond acceptors (Lipinski definition) is 4. The second-order valence-electron chi connectivity index (χ2n) is 5.12. The van der Waals surface area contributed by atoms with E-state index in [1.165, 1.54) is 22.6 Å². The maximum absolute atomic E-state index is 5.26. The summed E-state index contributed by atoms with van der Waals surface area (Å²) in [7, 11) is 3.29. The van der Waals surface area contributed by atoms with Crippen molar-refractivity contribution in [1.29, 1.82) is 0 Å². The monoisotopic (exact) mass is 289 g/mol. The number of hydrogen-bond donors (Lipinski definition) is 0. The fourth-order valence-electron chi connectivity index (χ4n) is 2.84. The number of nitrogens with zero attached hydrogens (tertiary/aromatic N) is 1. The molecule has 3 rings (SSSR count). The van der Waals surface area contributed by atoms with Gasteiger partial charge in [0.15, 0.2) is 0 Å². The SMILES string of the molecule is COC(OC)c1csc(C2CCc3ccccc3C2)n1. The van der Waals surface area contributed by atoms with Gasteiger partial charge in [-0.15, -0.1) is 11.3 Å². The van der Waals surface area contributed by atoms with Crippen molar-refractivity contribution >= 4 is 11.3 Å². The Bertz CT molecular complexity index is 577. The lowest BCUT2D eigenvalue weighted by Crippen LogP contribution is -2.13. The van der Waals surface area contributed by atoms with Crippen molar-refractivity contribution in [2.24, 2.45) is 0 Å². The van der Waals surface area contributed by atoms with Gasteiger partial charge in [0.1, 0.15) is 5.69 Å². The van der Waals surface area contributed by atoms with Crippen LogP contribution < -0.4 is 0 Å². The van der Waals surface area contributed by atoms with Gasteiger partial charge in [0.2, 0.25) is 6.29 Å². The third-order valence-electron chi connectivity index (χ3n) is 3.91. The lowest BCUT2D eigenvalue weighted by atomic mass is 9.84. The average molecular weight is 289 g/mol. The third kappa shape index (κ3) is 2.64. The highest BCUT2D eigenvalue weighted by atomic mass is 32.1. The second kappa shape index (κ2) is 6.04. The second-order valence-corrected chi connectivity index (χ2v) is 6.01. The summed E-state index contributed by atoms with van der Waals surface area (Å²) < 4.78 is 10.5. The van der Waals surface area contributed by atoms with E-state index in [1.807, 2.05) is 5.38 Å². The average Bonchev–Trinajstić information content (AvgIpc) is 2.98. The number of thiazole rings is 1. The van der Waals surface area contributed by atoms with Crippen LogP contribution in [-0.4, -0.2) is 19.2 Å². The molecule has 1 aliphatic rings. The molecule has 20 heavy (non-hydrogen) atoms. The van der Waals surface area contributed by atoms with Crippen LogP contribution in [0.25, 0.3) is 0 Å². The molecule has 1 aliphatic carbocycles. The Morgan fingerprint density at radius 1 is 1.20 bits per heavy atom. The van der Waals surface area contributed by atoms with Gasteiger partial charge in [-0.3, -0.25) is 0 Å². The van der Waals surface area contributed by atoms with Crippen molar-refractivity contribution in [2.75, 3.05) is 14.2 Å². The Hall–Kier alpha value is -1.23. The first kappa shape index (κ1) is 13.7. The van der Waals surface area contributed by atoms with Gasteiger partial charge in [-0.2, -0.15) is 0 Å². The van der Waals surface area contributed by atoms with Crippen molar-refractivity contribution in [3.63, 3.8) is 0 Å². The van der Waals surface area contributed by atoms with Crippen LogP contribution in [0.2, 0.25) is 0 Å². The predicted octanol–water partition coefficient (Wildman–Crippen LogP) is 3.71. The van der Waals surface area contributed by atoms with Gasteiger partial charge < -0.3 is 9.47 Å². The normalized spacial score (nSPS) is 18.2. The van der Waals surface area contributed by atoms with Crippen LogP contribution >= 0.6 is 11.3 Å². The molecule has 0 saturated carbocycles. The Morgan fingerprint density at radius 2 is 1.95 bits per heavy atom. The van der Waals surface area contributed by atoms with E-state index in [0.29, 0.717) is 5.92 Å². The molecule has 0 radical (unpaired) electrons. The topological polar surface area (TPSA) is 31.4 Å². The van der Waals surface area contributed by atoms with Crippen molar-refractivity contribution in [3.8, 4) is 0 Å². The summed E-state index contributed by atoms with van der Waals surface area (Å²) in [5.74, 6) is 0.526. The molecule has 0 aliphatic heterocycles. The number of aryl methyl sites for hydroxylation is 1. The zero-order valence-corrected chi connectivity index (χ0v) is 12.7. The summed E-state index contributed by atoms with van der Waals surface area (Å²) >= 11 is 1.72. The van der Waals surface area contributed by atoms with E-state index in [9.17, 15) is 0 Å². The number of methoxy groups -OCH3 is 2. The predicted molar refractivity (Wildman–Crippen MR) is 80.1 cm³/mol. The van der Waals surface area contributed by atoms with Crippen molar-refractivity contribution in [3.05, 3.63) is 51.5 Å². The van der Waals surface area contributed by atoms with Gasteiger partial charge in [0, 0.05) is 25.5 Å². The van der Waals surface area contributed by atoms with Crippen LogP contribution in [0.4, 0.5) is 0 Å². The molecule has 0 spiro atoms.